The Hall–Kier alpha value is -3.65. The number of carbonyl (C=O) groups excluding carboxylic acids is 2. The molecule has 0 aliphatic carbocycles. The Bertz CT molecular complexity index is 1210. The number of hydrogen-bond donors (Lipinski definition) is 2. The van der Waals surface area contributed by atoms with Gasteiger partial charge < -0.3 is 25.0 Å². The number of carbonyl (C=O) groups is 2. The average molecular weight is 505 g/mol. The maximum atomic E-state index is 14.0. The number of phenols is 1. The molecule has 3 aromatic rings. The molecule has 37 heavy (non-hydrogen) atoms. The fourth-order valence-electron chi connectivity index (χ4n) is 4.99. The first-order valence-corrected chi connectivity index (χ1v) is 12.9. The summed E-state index contributed by atoms with van der Waals surface area (Å²) in [7, 11) is 0. The van der Waals surface area contributed by atoms with Crippen LogP contribution in [0.4, 0.5) is 0 Å². The SMILES string of the molecule is CCCCOC1(c2ccccc2C)CN(C(=O)C(Cc2ccc(O)cc2)n2cncc2CCC(N)=O)C1. The first-order chi connectivity index (χ1) is 17.8. The van der Waals surface area contributed by atoms with Crippen LogP contribution in [0.1, 0.15) is 54.6 Å². The number of unbranched alkanes of at least 4 members (excludes halogenated alkanes) is 1. The number of ether oxygens (including phenoxy) is 1. The van der Waals surface area contributed by atoms with Gasteiger partial charge in [-0.2, -0.15) is 0 Å². The summed E-state index contributed by atoms with van der Waals surface area (Å²) < 4.78 is 8.30. The molecule has 1 aliphatic heterocycles. The number of benzene rings is 2. The Morgan fingerprint density at radius 2 is 1.89 bits per heavy atom. The molecule has 1 unspecified atom stereocenters. The van der Waals surface area contributed by atoms with E-state index in [4.69, 9.17) is 10.5 Å². The van der Waals surface area contributed by atoms with Crippen molar-refractivity contribution in [2.75, 3.05) is 19.7 Å². The summed E-state index contributed by atoms with van der Waals surface area (Å²) in [6, 6.07) is 14.5. The summed E-state index contributed by atoms with van der Waals surface area (Å²) in [5.41, 5.74) is 8.81. The van der Waals surface area contributed by atoms with Crippen LogP contribution >= 0.6 is 0 Å². The van der Waals surface area contributed by atoms with Gasteiger partial charge >= 0.3 is 0 Å². The fourth-order valence-corrected chi connectivity index (χ4v) is 4.99. The molecule has 2 amide bonds. The van der Waals surface area contributed by atoms with Crippen LogP contribution in [0.2, 0.25) is 0 Å². The van der Waals surface area contributed by atoms with E-state index in [2.05, 4.69) is 31.0 Å². The van der Waals surface area contributed by atoms with E-state index in [1.54, 1.807) is 24.7 Å². The molecule has 1 aliphatic rings. The number of primary amides is 1. The zero-order valence-electron chi connectivity index (χ0n) is 21.6. The van der Waals surface area contributed by atoms with E-state index >= 15 is 0 Å². The van der Waals surface area contributed by atoms with Gasteiger partial charge in [0.15, 0.2) is 0 Å². The molecule has 2 heterocycles. The van der Waals surface area contributed by atoms with Crippen molar-refractivity contribution in [3.05, 3.63) is 83.4 Å². The molecule has 2 aromatic carbocycles. The minimum atomic E-state index is -0.555. The zero-order chi connectivity index (χ0) is 26.4. The van der Waals surface area contributed by atoms with Crippen molar-refractivity contribution in [3.8, 4) is 5.75 Å². The second kappa shape index (κ2) is 11.6. The zero-order valence-corrected chi connectivity index (χ0v) is 21.6. The average Bonchev–Trinajstić information content (AvgIpc) is 3.32. The Morgan fingerprint density at radius 3 is 2.57 bits per heavy atom. The van der Waals surface area contributed by atoms with Gasteiger partial charge in [-0.3, -0.25) is 9.59 Å². The number of phenolic OH excluding ortho intramolecular Hbond substituents is 1. The van der Waals surface area contributed by atoms with Gasteiger partial charge in [0.05, 0.1) is 19.4 Å². The summed E-state index contributed by atoms with van der Waals surface area (Å²) in [4.78, 5) is 31.5. The Balaban J connectivity index is 1.60. The molecular weight excluding hydrogens is 468 g/mol. The number of aromatic hydroxyl groups is 1. The third-order valence-electron chi connectivity index (χ3n) is 7.08. The van der Waals surface area contributed by atoms with Crippen LogP contribution in [-0.2, 0) is 32.8 Å². The molecule has 0 bridgehead atoms. The third kappa shape index (κ3) is 6.02. The molecule has 8 nitrogen and oxygen atoms in total. The molecule has 196 valence electrons. The van der Waals surface area contributed by atoms with Crippen molar-refractivity contribution in [2.24, 2.45) is 5.73 Å². The number of nitrogens with two attached hydrogens (primary N) is 1. The maximum absolute atomic E-state index is 14.0. The summed E-state index contributed by atoms with van der Waals surface area (Å²) in [5, 5.41) is 9.71. The van der Waals surface area contributed by atoms with Crippen LogP contribution in [-0.4, -0.2) is 51.1 Å². The molecule has 8 heteroatoms. The van der Waals surface area contributed by atoms with E-state index < -0.39 is 17.6 Å². The van der Waals surface area contributed by atoms with Crippen molar-refractivity contribution in [1.29, 1.82) is 0 Å². The highest BCUT2D eigenvalue weighted by Crippen LogP contribution is 2.39. The predicted molar refractivity (Wildman–Crippen MR) is 141 cm³/mol. The van der Waals surface area contributed by atoms with Crippen molar-refractivity contribution in [3.63, 3.8) is 0 Å². The number of aromatic nitrogens is 2. The molecule has 3 N–H and O–H groups in total. The van der Waals surface area contributed by atoms with Crippen LogP contribution < -0.4 is 5.73 Å². The van der Waals surface area contributed by atoms with Gasteiger partial charge in [0.25, 0.3) is 0 Å². The Labute approximate surface area is 218 Å². The summed E-state index contributed by atoms with van der Waals surface area (Å²) in [6.07, 6.45) is 6.33. The normalized spacial score (nSPS) is 15.2. The highest BCUT2D eigenvalue weighted by Gasteiger charge is 2.49. The largest absolute Gasteiger partial charge is 0.508 e. The molecule has 1 aromatic heterocycles. The van der Waals surface area contributed by atoms with Crippen LogP contribution in [0.15, 0.2) is 61.1 Å². The molecule has 1 fully saturated rings. The number of amides is 2. The van der Waals surface area contributed by atoms with E-state index in [0.717, 1.165) is 35.2 Å². The first-order valence-electron chi connectivity index (χ1n) is 12.9. The third-order valence-corrected chi connectivity index (χ3v) is 7.08. The molecule has 0 radical (unpaired) electrons. The number of imidazole rings is 1. The van der Waals surface area contributed by atoms with Gasteiger partial charge in [0.2, 0.25) is 11.8 Å². The predicted octanol–water partition coefficient (Wildman–Crippen LogP) is 3.65. The smallest absolute Gasteiger partial charge is 0.246 e. The number of hydrogen-bond acceptors (Lipinski definition) is 5. The van der Waals surface area contributed by atoms with Crippen molar-refractivity contribution < 1.29 is 19.4 Å². The lowest BCUT2D eigenvalue weighted by atomic mass is 9.82. The van der Waals surface area contributed by atoms with E-state index in [9.17, 15) is 14.7 Å². The van der Waals surface area contributed by atoms with Crippen molar-refractivity contribution in [1.82, 2.24) is 14.5 Å². The van der Waals surface area contributed by atoms with Crippen molar-refractivity contribution >= 4 is 11.8 Å². The monoisotopic (exact) mass is 504 g/mol. The molecule has 1 saturated heterocycles. The molecule has 1 atom stereocenters. The van der Waals surface area contributed by atoms with Crippen LogP contribution in [0.5, 0.6) is 5.75 Å². The molecule has 4 rings (SSSR count). The van der Waals surface area contributed by atoms with Gasteiger partial charge in [-0.1, -0.05) is 49.7 Å². The standard InChI is InChI=1S/C29H36N4O4/c1-3-4-15-37-29(25-8-6-5-7-21(25)2)18-32(19-29)28(36)26(16-22-9-12-24(34)13-10-22)33-20-31-17-23(33)11-14-27(30)35/h5-10,12-13,17,20,26,34H,3-4,11,14-16,18-19H2,1-2H3,(H2,30,35). The lowest BCUT2D eigenvalue weighted by Gasteiger charge is -2.51. The second-order valence-electron chi connectivity index (χ2n) is 9.85. The lowest BCUT2D eigenvalue weighted by Crippen LogP contribution is -2.64. The van der Waals surface area contributed by atoms with Crippen LogP contribution in [0.25, 0.3) is 0 Å². The molecule has 0 spiro atoms. The maximum Gasteiger partial charge on any atom is 0.246 e. The van der Waals surface area contributed by atoms with Gasteiger partial charge in [0.1, 0.15) is 17.4 Å². The Morgan fingerprint density at radius 1 is 1.16 bits per heavy atom. The van der Waals surface area contributed by atoms with Gasteiger partial charge in [-0.05, 0) is 48.6 Å². The number of rotatable bonds is 12. The second-order valence-corrected chi connectivity index (χ2v) is 9.85. The number of likely N-dealkylation sites (tertiary alicyclic amines) is 1. The van der Waals surface area contributed by atoms with Crippen LogP contribution in [0, 0.1) is 6.92 Å². The highest BCUT2D eigenvalue weighted by atomic mass is 16.5. The number of aryl methyl sites for hydroxylation is 2. The van der Waals surface area contributed by atoms with E-state index in [-0.39, 0.29) is 18.1 Å². The summed E-state index contributed by atoms with van der Waals surface area (Å²) in [5.74, 6) is -0.259. The minimum Gasteiger partial charge on any atom is -0.508 e. The molecule has 0 saturated carbocycles. The van der Waals surface area contributed by atoms with Crippen LogP contribution in [0.3, 0.4) is 0 Å². The van der Waals surface area contributed by atoms with E-state index in [0.29, 0.717) is 32.5 Å². The lowest BCUT2D eigenvalue weighted by molar-refractivity contribution is -0.176. The van der Waals surface area contributed by atoms with E-state index in [1.165, 1.54) is 0 Å². The quantitative estimate of drug-likeness (QED) is 0.366. The van der Waals surface area contributed by atoms with Gasteiger partial charge in [-0.15, -0.1) is 0 Å². The summed E-state index contributed by atoms with van der Waals surface area (Å²) in [6.45, 7) is 5.79. The number of nitrogens with zero attached hydrogens (tertiary/aromatic N) is 3. The Kier molecular flexibility index (Phi) is 8.28. The van der Waals surface area contributed by atoms with Gasteiger partial charge in [-0.25, -0.2) is 4.98 Å². The van der Waals surface area contributed by atoms with Gasteiger partial charge in [0, 0.05) is 31.3 Å². The topological polar surface area (TPSA) is 111 Å². The van der Waals surface area contributed by atoms with Crippen molar-refractivity contribution in [2.45, 2.75) is 57.6 Å². The highest BCUT2D eigenvalue weighted by molar-refractivity contribution is 5.82. The first kappa shape index (κ1) is 26.4. The fraction of sp³-hybridized carbons (Fsp3) is 0.414. The summed E-state index contributed by atoms with van der Waals surface area (Å²) >= 11 is 0. The minimum absolute atomic E-state index is 0.0327. The van der Waals surface area contributed by atoms with E-state index in [1.807, 2.05) is 33.7 Å². The molecular formula is C29H36N4O4.